The van der Waals surface area contributed by atoms with Crippen molar-refractivity contribution in [2.45, 2.75) is 37.8 Å². The van der Waals surface area contributed by atoms with E-state index in [0.717, 1.165) is 5.01 Å². The van der Waals surface area contributed by atoms with Crippen LogP contribution in [0.25, 0.3) is 5.57 Å². The Balaban J connectivity index is 1.72. The molecule has 1 amide bonds. The van der Waals surface area contributed by atoms with E-state index in [4.69, 9.17) is 9.15 Å². The molecule has 0 saturated carbocycles. The molecule has 1 aromatic carbocycles. The average Bonchev–Trinajstić information content (AvgIpc) is 3.27. The van der Waals surface area contributed by atoms with Gasteiger partial charge in [-0.25, -0.2) is 15.4 Å². The quantitative estimate of drug-likeness (QED) is 0.810. The SMILES string of the molecule is COCc1coc(C2=C(C)NC3C(c4ccccc4)C(C(F)(F)F)NN3C2=O)n1. The van der Waals surface area contributed by atoms with Crippen LogP contribution >= 0.6 is 0 Å². The van der Waals surface area contributed by atoms with E-state index in [1.165, 1.54) is 13.4 Å². The van der Waals surface area contributed by atoms with Crippen LogP contribution in [0, 0.1) is 0 Å². The fourth-order valence-electron chi connectivity index (χ4n) is 3.78. The second-order valence-electron chi connectivity index (χ2n) is 6.93. The number of methoxy groups -OCH3 is 1. The largest absolute Gasteiger partial charge is 0.444 e. The molecule has 2 aromatic rings. The third-order valence-electron chi connectivity index (χ3n) is 5.02. The summed E-state index contributed by atoms with van der Waals surface area (Å²) in [6.45, 7) is 1.81. The number of carbonyl (C=O) groups is 1. The normalized spacial score (nSPS) is 24.7. The third kappa shape index (κ3) is 3.38. The lowest BCUT2D eigenvalue weighted by molar-refractivity contribution is -0.161. The Kier molecular flexibility index (Phi) is 4.83. The van der Waals surface area contributed by atoms with Crippen molar-refractivity contribution >= 4 is 11.5 Å². The Morgan fingerprint density at radius 1 is 1.28 bits per heavy atom. The van der Waals surface area contributed by atoms with Gasteiger partial charge in [0, 0.05) is 12.8 Å². The van der Waals surface area contributed by atoms with E-state index < -0.39 is 30.2 Å². The molecule has 0 spiro atoms. The molecule has 3 heterocycles. The average molecular weight is 408 g/mol. The van der Waals surface area contributed by atoms with E-state index >= 15 is 0 Å². The predicted molar refractivity (Wildman–Crippen MR) is 95.7 cm³/mol. The number of carbonyl (C=O) groups excluding carboxylic acids is 1. The summed E-state index contributed by atoms with van der Waals surface area (Å²) in [5.41, 5.74) is 3.77. The highest BCUT2D eigenvalue weighted by Crippen LogP contribution is 2.42. The number of hydrazine groups is 1. The van der Waals surface area contributed by atoms with Crippen molar-refractivity contribution in [1.82, 2.24) is 20.7 Å². The number of nitrogens with zero attached hydrogens (tertiary/aromatic N) is 2. The second-order valence-corrected chi connectivity index (χ2v) is 6.93. The number of hydrogen-bond acceptors (Lipinski definition) is 6. The molecule has 2 aliphatic rings. The topological polar surface area (TPSA) is 79.6 Å². The number of rotatable bonds is 4. The van der Waals surface area contributed by atoms with Crippen molar-refractivity contribution in [1.29, 1.82) is 0 Å². The Morgan fingerprint density at radius 2 is 2.00 bits per heavy atom. The van der Waals surface area contributed by atoms with E-state index in [1.54, 1.807) is 37.3 Å². The fourth-order valence-corrected chi connectivity index (χ4v) is 3.78. The van der Waals surface area contributed by atoms with Gasteiger partial charge < -0.3 is 14.5 Å². The molecule has 29 heavy (non-hydrogen) atoms. The van der Waals surface area contributed by atoms with Gasteiger partial charge in [-0.1, -0.05) is 30.3 Å². The van der Waals surface area contributed by atoms with E-state index in [0.29, 0.717) is 17.0 Å². The minimum Gasteiger partial charge on any atom is -0.444 e. The summed E-state index contributed by atoms with van der Waals surface area (Å²) in [5.74, 6) is -1.63. The zero-order valence-electron chi connectivity index (χ0n) is 15.7. The highest BCUT2D eigenvalue weighted by atomic mass is 19.4. The number of alkyl halides is 3. The van der Waals surface area contributed by atoms with Gasteiger partial charge in [0.1, 0.15) is 29.7 Å². The van der Waals surface area contributed by atoms with Gasteiger partial charge in [-0.2, -0.15) is 13.2 Å². The highest BCUT2D eigenvalue weighted by Gasteiger charge is 2.58. The molecule has 1 saturated heterocycles. The molecule has 0 radical (unpaired) electrons. The van der Waals surface area contributed by atoms with E-state index in [-0.39, 0.29) is 18.1 Å². The van der Waals surface area contributed by atoms with Crippen molar-refractivity contribution in [2.75, 3.05) is 7.11 Å². The smallest absolute Gasteiger partial charge is 0.406 e. The van der Waals surface area contributed by atoms with Gasteiger partial charge in [0.25, 0.3) is 5.91 Å². The van der Waals surface area contributed by atoms with Gasteiger partial charge in [0.05, 0.1) is 12.5 Å². The lowest BCUT2D eigenvalue weighted by Crippen LogP contribution is -2.54. The number of amides is 1. The zero-order valence-corrected chi connectivity index (χ0v) is 15.7. The number of fused-ring (bicyclic) bond motifs is 1. The van der Waals surface area contributed by atoms with Crippen molar-refractivity contribution in [3.8, 4) is 0 Å². The summed E-state index contributed by atoms with van der Waals surface area (Å²) >= 11 is 0. The van der Waals surface area contributed by atoms with Crippen molar-refractivity contribution in [2.24, 2.45) is 0 Å². The lowest BCUT2D eigenvalue weighted by Gasteiger charge is -2.34. The lowest BCUT2D eigenvalue weighted by atomic mass is 9.89. The minimum absolute atomic E-state index is 0.0269. The zero-order chi connectivity index (χ0) is 20.8. The summed E-state index contributed by atoms with van der Waals surface area (Å²) in [6.07, 6.45) is -4.11. The number of halogens is 3. The van der Waals surface area contributed by atoms with Crippen LogP contribution < -0.4 is 10.7 Å². The third-order valence-corrected chi connectivity index (χ3v) is 5.02. The summed E-state index contributed by atoms with van der Waals surface area (Å²) in [7, 11) is 1.49. The fraction of sp³-hybridized carbons (Fsp3) is 0.368. The first-order valence-corrected chi connectivity index (χ1v) is 8.93. The molecule has 10 heteroatoms. The first-order chi connectivity index (χ1) is 13.8. The van der Waals surface area contributed by atoms with Crippen molar-refractivity contribution in [3.05, 3.63) is 59.4 Å². The summed E-state index contributed by atoms with van der Waals surface area (Å²) in [5, 5.41) is 4.02. The maximum absolute atomic E-state index is 13.8. The van der Waals surface area contributed by atoms with Gasteiger partial charge in [0.15, 0.2) is 0 Å². The van der Waals surface area contributed by atoms with Gasteiger partial charge in [0.2, 0.25) is 5.89 Å². The Labute approximate surface area is 164 Å². The van der Waals surface area contributed by atoms with Crippen LogP contribution in [-0.4, -0.2) is 41.4 Å². The highest BCUT2D eigenvalue weighted by molar-refractivity contribution is 6.19. The summed E-state index contributed by atoms with van der Waals surface area (Å²) in [6, 6.07) is 6.41. The summed E-state index contributed by atoms with van der Waals surface area (Å²) in [4.78, 5) is 17.3. The number of oxazole rings is 1. The number of benzene rings is 1. The van der Waals surface area contributed by atoms with Crippen molar-refractivity contribution in [3.63, 3.8) is 0 Å². The number of aromatic nitrogens is 1. The number of allylic oxidation sites excluding steroid dienone is 1. The summed E-state index contributed by atoms with van der Waals surface area (Å²) < 4.78 is 51.7. The van der Waals surface area contributed by atoms with Crippen LogP contribution in [0.5, 0.6) is 0 Å². The number of hydrogen-bond donors (Lipinski definition) is 2. The minimum atomic E-state index is -4.55. The molecule has 7 nitrogen and oxygen atoms in total. The molecule has 4 rings (SSSR count). The first kappa shape index (κ1) is 19.5. The molecular weight excluding hydrogens is 389 g/mol. The molecule has 0 bridgehead atoms. The van der Waals surface area contributed by atoms with E-state index in [9.17, 15) is 18.0 Å². The molecule has 2 N–H and O–H groups in total. The molecule has 3 atom stereocenters. The Morgan fingerprint density at radius 3 is 2.66 bits per heavy atom. The van der Waals surface area contributed by atoms with E-state index in [1.807, 2.05) is 0 Å². The molecule has 1 aromatic heterocycles. The molecule has 3 unspecified atom stereocenters. The van der Waals surface area contributed by atoms with Crippen molar-refractivity contribution < 1.29 is 27.1 Å². The monoisotopic (exact) mass is 408 g/mol. The van der Waals surface area contributed by atoms with Gasteiger partial charge in [-0.3, -0.25) is 4.79 Å². The molecular formula is C19H19F3N4O3. The standard InChI is InChI=1S/C19H19F3N4O3/c1-10-13(17-24-12(8-28-2)9-29-17)18(27)26-16(23-10)14(11-6-4-3-5-7-11)15(25-26)19(20,21)22/h3-7,9,14-16,23,25H,8H2,1-2H3. The van der Waals surface area contributed by atoms with Crippen LogP contribution in [0.1, 0.15) is 30.0 Å². The maximum atomic E-state index is 13.8. The predicted octanol–water partition coefficient (Wildman–Crippen LogP) is 2.54. The number of ether oxygens (including phenoxy) is 1. The van der Waals surface area contributed by atoms with Gasteiger partial charge in [-0.05, 0) is 12.5 Å². The van der Waals surface area contributed by atoms with E-state index in [2.05, 4.69) is 15.7 Å². The second kappa shape index (κ2) is 7.20. The number of nitrogens with one attached hydrogen (secondary N) is 2. The van der Waals surface area contributed by atoms with Crippen LogP contribution in [0.2, 0.25) is 0 Å². The van der Waals surface area contributed by atoms with Crippen LogP contribution in [0.3, 0.4) is 0 Å². The molecule has 154 valence electrons. The molecule has 1 fully saturated rings. The van der Waals surface area contributed by atoms with Crippen LogP contribution in [0.4, 0.5) is 13.2 Å². The van der Waals surface area contributed by atoms with Gasteiger partial charge >= 0.3 is 6.18 Å². The first-order valence-electron chi connectivity index (χ1n) is 8.93. The Bertz CT molecular complexity index is 942. The van der Waals surface area contributed by atoms with Crippen LogP contribution in [0.15, 0.2) is 46.7 Å². The van der Waals surface area contributed by atoms with Crippen LogP contribution in [-0.2, 0) is 16.1 Å². The molecule has 0 aliphatic carbocycles. The van der Waals surface area contributed by atoms with Gasteiger partial charge in [-0.15, -0.1) is 0 Å². The maximum Gasteiger partial charge on any atom is 0.406 e. The Hall–Kier alpha value is -2.85. The molecule has 2 aliphatic heterocycles.